The summed E-state index contributed by atoms with van der Waals surface area (Å²) in [6.45, 7) is 0.797. The number of aliphatic hydroxyl groups is 1. The molecule has 0 heterocycles. The van der Waals surface area contributed by atoms with Crippen molar-refractivity contribution in [3.63, 3.8) is 0 Å². The van der Waals surface area contributed by atoms with E-state index < -0.39 is 23.5 Å². The molecule has 1 saturated carbocycles. The summed E-state index contributed by atoms with van der Waals surface area (Å²) >= 11 is 0. The van der Waals surface area contributed by atoms with E-state index >= 15 is 0 Å². The summed E-state index contributed by atoms with van der Waals surface area (Å²) < 4.78 is 37.6. The van der Waals surface area contributed by atoms with Crippen molar-refractivity contribution in [2.24, 2.45) is 5.92 Å². The summed E-state index contributed by atoms with van der Waals surface area (Å²) in [5.41, 5.74) is -3.12. The number of ketones is 1. The molecular formula is C9H13F3O2. The summed E-state index contributed by atoms with van der Waals surface area (Å²) in [5, 5.41) is 9.45. The highest BCUT2D eigenvalue weighted by molar-refractivity contribution is 5.86. The van der Waals surface area contributed by atoms with Crippen LogP contribution in [0.4, 0.5) is 13.2 Å². The molecule has 2 nitrogen and oxygen atoms in total. The molecule has 0 aromatic carbocycles. The van der Waals surface area contributed by atoms with E-state index in [1.807, 2.05) is 0 Å². The zero-order valence-corrected chi connectivity index (χ0v) is 7.90. The molecule has 0 aromatic rings. The minimum absolute atomic E-state index is 0.273. The highest BCUT2D eigenvalue weighted by Crippen LogP contribution is 2.44. The Hall–Kier alpha value is -0.580. The van der Waals surface area contributed by atoms with Gasteiger partial charge in [-0.15, -0.1) is 0 Å². The fraction of sp³-hybridized carbons (Fsp3) is 0.889. The van der Waals surface area contributed by atoms with Crippen LogP contribution >= 0.6 is 0 Å². The molecule has 0 amide bonds. The third-order valence-electron chi connectivity index (χ3n) is 2.91. The molecule has 0 aliphatic heterocycles. The topological polar surface area (TPSA) is 37.3 Å². The maximum absolute atomic E-state index is 12.5. The van der Waals surface area contributed by atoms with E-state index in [1.165, 1.54) is 0 Å². The lowest BCUT2D eigenvalue weighted by Crippen LogP contribution is -2.55. The van der Waals surface area contributed by atoms with Crippen LogP contribution in [-0.2, 0) is 4.79 Å². The normalized spacial score (nSPS) is 23.5. The Bertz CT molecular complexity index is 231. The van der Waals surface area contributed by atoms with Crippen LogP contribution in [0.5, 0.6) is 0 Å². The van der Waals surface area contributed by atoms with Crippen LogP contribution in [0.1, 0.15) is 32.6 Å². The number of hydrogen-bond acceptors (Lipinski definition) is 2. The number of hydrogen-bond donors (Lipinski definition) is 1. The van der Waals surface area contributed by atoms with Gasteiger partial charge in [-0.05, 0) is 19.8 Å². The van der Waals surface area contributed by atoms with Crippen LogP contribution in [0.3, 0.4) is 0 Å². The smallest absolute Gasteiger partial charge is 0.374 e. The number of carbonyl (C=O) groups excluding carboxylic acids is 1. The van der Waals surface area contributed by atoms with Crippen LogP contribution in [0.25, 0.3) is 0 Å². The second-order valence-corrected chi connectivity index (χ2v) is 3.80. The molecule has 1 rings (SSSR count). The van der Waals surface area contributed by atoms with E-state index in [0.717, 1.165) is 6.92 Å². The summed E-state index contributed by atoms with van der Waals surface area (Å²) in [6.07, 6.45) is -3.01. The molecule has 0 bridgehead atoms. The second kappa shape index (κ2) is 3.53. The van der Waals surface area contributed by atoms with Gasteiger partial charge in [-0.2, -0.15) is 13.2 Å². The predicted molar refractivity (Wildman–Crippen MR) is 43.6 cm³/mol. The maximum atomic E-state index is 12.5. The molecule has 5 heteroatoms. The van der Waals surface area contributed by atoms with Gasteiger partial charge in [0.05, 0.1) is 0 Å². The summed E-state index contributed by atoms with van der Waals surface area (Å²) in [4.78, 5) is 10.9. The lowest BCUT2D eigenvalue weighted by atomic mass is 9.82. The van der Waals surface area contributed by atoms with Crippen molar-refractivity contribution in [1.82, 2.24) is 0 Å². The zero-order chi connectivity index (χ0) is 11.0. The van der Waals surface area contributed by atoms with Gasteiger partial charge in [0.25, 0.3) is 0 Å². The summed E-state index contributed by atoms with van der Waals surface area (Å²) in [7, 11) is 0. The molecule has 1 atom stereocenters. The van der Waals surface area contributed by atoms with E-state index in [1.54, 1.807) is 0 Å². The molecule has 1 fully saturated rings. The van der Waals surface area contributed by atoms with Crippen molar-refractivity contribution in [1.29, 1.82) is 0 Å². The van der Waals surface area contributed by atoms with Gasteiger partial charge in [0.2, 0.25) is 5.60 Å². The molecule has 14 heavy (non-hydrogen) atoms. The Morgan fingerprint density at radius 3 is 2.00 bits per heavy atom. The van der Waals surface area contributed by atoms with Crippen LogP contribution < -0.4 is 0 Å². The van der Waals surface area contributed by atoms with Gasteiger partial charge < -0.3 is 5.11 Å². The van der Waals surface area contributed by atoms with Crippen LogP contribution in [0.2, 0.25) is 0 Å². The summed E-state index contributed by atoms with van der Waals surface area (Å²) in [6, 6.07) is 0. The van der Waals surface area contributed by atoms with Gasteiger partial charge >= 0.3 is 6.18 Å². The van der Waals surface area contributed by atoms with Gasteiger partial charge in [0.1, 0.15) is 0 Å². The Kier molecular flexibility index (Phi) is 2.90. The van der Waals surface area contributed by atoms with Gasteiger partial charge in [-0.3, -0.25) is 4.79 Å². The van der Waals surface area contributed by atoms with E-state index in [0.29, 0.717) is 12.8 Å². The monoisotopic (exact) mass is 210 g/mol. The van der Waals surface area contributed by atoms with Gasteiger partial charge in [0.15, 0.2) is 5.78 Å². The Balaban J connectivity index is 2.97. The number of Topliss-reactive ketones (excluding diaryl/α,β-unsaturated/α-hetero) is 1. The lowest BCUT2D eigenvalue weighted by Gasteiger charge is -2.33. The molecule has 1 aliphatic rings. The van der Waals surface area contributed by atoms with E-state index in [4.69, 9.17) is 0 Å². The fourth-order valence-corrected chi connectivity index (χ4v) is 2.06. The third kappa shape index (κ3) is 1.65. The third-order valence-corrected chi connectivity index (χ3v) is 2.91. The minimum atomic E-state index is -4.85. The lowest BCUT2D eigenvalue weighted by molar-refractivity contribution is -0.265. The standard InChI is InChI=1S/C9H13F3O2/c1-6(13)8(14,9(10,11)12)7-4-2-3-5-7/h7,14H,2-5H2,1H3/t8-/m0/s1. The largest absolute Gasteiger partial charge is 0.424 e. The Morgan fingerprint density at radius 1 is 1.29 bits per heavy atom. The quantitative estimate of drug-likeness (QED) is 0.757. The van der Waals surface area contributed by atoms with Crippen molar-refractivity contribution >= 4 is 5.78 Å². The van der Waals surface area contributed by atoms with Crippen LogP contribution in [0, 0.1) is 5.92 Å². The van der Waals surface area contributed by atoms with Gasteiger partial charge in [0, 0.05) is 5.92 Å². The second-order valence-electron chi connectivity index (χ2n) is 3.80. The average Bonchev–Trinajstić information content (AvgIpc) is 2.52. The molecule has 1 N–H and O–H groups in total. The molecule has 1 aliphatic carbocycles. The van der Waals surface area contributed by atoms with Crippen molar-refractivity contribution in [3.05, 3.63) is 0 Å². The van der Waals surface area contributed by atoms with Gasteiger partial charge in [-0.25, -0.2) is 0 Å². The first-order chi connectivity index (χ1) is 6.30. The number of halogens is 3. The first-order valence-corrected chi connectivity index (χ1v) is 4.60. The van der Waals surface area contributed by atoms with Crippen molar-refractivity contribution in [2.45, 2.75) is 44.4 Å². The molecule has 0 spiro atoms. The SMILES string of the molecule is CC(=O)[C@](O)(C1CCCC1)C(F)(F)F. The highest BCUT2D eigenvalue weighted by atomic mass is 19.4. The van der Waals surface area contributed by atoms with Crippen LogP contribution in [-0.4, -0.2) is 22.7 Å². The fourth-order valence-electron chi connectivity index (χ4n) is 2.06. The zero-order valence-electron chi connectivity index (χ0n) is 7.90. The number of carbonyl (C=O) groups is 1. The Morgan fingerprint density at radius 2 is 1.71 bits per heavy atom. The van der Waals surface area contributed by atoms with E-state index in [-0.39, 0.29) is 12.8 Å². The van der Waals surface area contributed by atoms with E-state index in [9.17, 15) is 23.1 Å². The average molecular weight is 210 g/mol. The molecule has 0 radical (unpaired) electrons. The molecular weight excluding hydrogens is 197 g/mol. The number of alkyl halides is 3. The summed E-state index contributed by atoms with van der Waals surface area (Å²) in [5.74, 6) is -2.16. The van der Waals surface area contributed by atoms with Crippen molar-refractivity contribution < 1.29 is 23.1 Å². The van der Waals surface area contributed by atoms with Crippen LogP contribution in [0.15, 0.2) is 0 Å². The maximum Gasteiger partial charge on any atom is 0.424 e. The minimum Gasteiger partial charge on any atom is -0.374 e. The van der Waals surface area contributed by atoms with Gasteiger partial charge in [-0.1, -0.05) is 12.8 Å². The predicted octanol–water partition coefficient (Wildman–Crippen LogP) is 2.06. The Labute approximate surface area is 80.1 Å². The highest BCUT2D eigenvalue weighted by Gasteiger charge is 2.61. The van der Waals surface area contributed by atoms with E-state index in [2.05, 4.69) is 0 Å². The first-order valence-electron chi connectivity index (χ1n) is 4.60. The van der Waals surface area contributed by atoms with Crippen molar-refractivity contribution in [2.75, 3.05) is 0 Å². The molecule has 0 unspecified atom stereocenters. The first kappa shape index (κ1) is 11.5. The van der Waals surface area contributed by atoms with Crippen molar-refractivity contribution in [3.8, 4) is 0 Å². The molecule has 82 valence electrons. The number of rotatable bonds is 2. The molecule has 0 aromatic heterocycles. The molecule has 0 saturated heterocycles.